The van der Waals surface area contributed by atoms with Crippen LogP contribution in [0.2, 0.25) is 5.02 Å². The second-order valence-corrected chi connectivity index (χ2v) is 6.45. The highest BCUT2D eigenvalue weighted by Crippen LogP contribution is 2.27. The summed E-state index contributed by atoms with van der Waals surface area (Å²) in [7, 11) is 1.30. The molecule has 0 fully saturated rings. The Labute approximate surface area is 168 Å². The minimum Gasteiger partial charge on any atom is -0.465 e. The lowest BCUT2D eigenvalue weighted by molar-refractivity contribution is -0.142. The van der Waals surface area contributed by atoms with Crippen molar-refractivity contribution in [2.24, 2.45) is 0 Å². The molecule has 2 rings (SSSR count). The fraction of sp³-hybridized carbons (Fsp3) is 0.190. The summed E-state index contributed by atoms with van der Waals surface area (Å²) in [5.74, 6) is -1.60. The molecular formula is C21H20ClNO5. The lowest BCUT2D eigenvalue weighted by atomic mass is 10.1. The van der Waals surface area contributed by atoms with Crippen molar-refractivity contribution >= 4 is 41.2 Å². The first-order valence-electron chi connectivity index (χ1n) is 8.40. The average Bonchev–Trinajstić information content (AvgIpc) is 2.67. The summed E-state index contributed by atoms with van der Waals surface area (Å²) in [5, 5.41) is 3.06. The molecule has 0 saturated carbocycles. The predicted molar refractivity (Wildman–Crippen MR) is 107 cm³/mol. The highest BCUT2D eigenvalue weighted by molar-refractivity contribution is 6.34. The zero-order valence-corrected chi connectivity index (χ0v) is 16.5. The Bertz CT molecular complexity index is 896. The Kier molecular flexibility index (Phi) is 7.35. The number of hydrogen-bond donors (Lipinski definition) is 1. The van der Waals surface area contributed by atoms with E-state index in [1.807, 2.05) is 19.9 Å². The molecule has 1 N–H and O–H groups in total. The van der Waals surface area contributed by atoms with Crippen molar-refractivity contribution in [1.82, 2.24) is 0 Å². The molecule has 0 radical (unpaired) electrons. The molecule has 0 heterocycles. The molecule has 0 aromatic heterocycles. The molecule has 2 aromatic carbocycles. The number of carbonyl (C=O) groups is 3. The SMILES string of the molecule is COC(=O)c1ccc(/C=C/C(=O)OCC(=O)Nc2c(C)cc(C)cc2Cl)cc1. The van der Waals surface area contributed by atoms with Gasteiger partial charge in [0.05, 0.1) is 23.4 Å². The van der Waals surface area contributed by atoms with Crippen LogP contribution in [0.15, 0.2) is 42.5 Å². The van der Waals surface area contributed by atoms with Gasteiger partial charge in [-0.25, -0.2) is 9.59 Å². The Morgan fingerprint density at radius 1 is 1.11 bits per heavy atom. The molecule has 0 bridgehead atoms. The number of nitrogens with one attached hydrogen (secondary N) is 1. The lowest BCUT2D eigenvalue weighted by Crippen LogP contribution is -2.20. The summed E-state index contributed by atoms with van der Waals surface area (Å²) in [5.41, 5.74) is 3.39. The zero-order chi connectivity index (χ0) is 20.7. The van der Waals surface area contributed by atoms with Gasteiger partial charge in [0.1, 0.15) is 0 Å². The largest absolute Gasteiger partial charge is 0.465 e. The van der Waals surface area contributed by atoms with E-state index in [1.54, 1.807) is 30.3 Å². The summed E-state index contributed by atoms with van der Waals surface area (Å²) < 4.78 is 9.54. The van der Waals surface area contributed by atoms with Crippen molar-refractivity contribution in [2.75, 3.05) is 19.0 Å². The van der Waals surface area contributed by atoms with Crippen LogP contribution in [0, 0.1) is 13.8 Å². The number of ether oxygens (including phenoxy) is 2. The topological polar surface area (TPSA) is 81.7 Å². The number of hydrogen-bond acceptors (Lipinski definition) is 5. The summed E-state index contributed by atoms with van der Waals surface area (Å²) >= 11 is 6.14. The summed E-state index contributed by atoms with van der Waals surface area (Å²) in [6.07, 6.45) is 2.72. The van der Waals surface area contributed by atoms with E-state index in [0.29, 0.717) is 21.8 Å². The molecule has 0 saturated heterocycles. The molecule has 0 aliphatic carbocycles. The first-order valence-corrected chi connectivity index (χ1v) is 8.77. The van der Waals surface area contributed by atoms with E-state index in [2.05, 4.69) is 10.1 Å². The minimum atomic E-state index is -0.668. The van der Waals surface area contributed by atoms with Crippen LogP contribution in [-0.2, 0) is 19.1 Å². The van der Waals surface area contributed by atoms with Crippen LogP contribution in [-0.4, -0.2) is 31.6 Å². The maximum absolute atomic E-state index is 12.0. The number of esters is 2. The van der Waals surface area contributed by atoms with Crippen LogP contribution < -0.4 is 5.32 Å². The van der Waals surface area contributed by atoms with Crippen LogP contribution in [0.5, 0.6) is 0 Å². The van der Waals surface area contributed by atoms with Crippen LogP contribution in [0.4, 0.5) is 5.69 Å². The number of carbonyl (C=O) groups excluding carboxylic acids is 3. The van der Waals surface area contributed by atoms with E-state index in [1.165, 1.54) is 19.3 Å². The van der Waals surface area contributed by atoms with E-state index in [4.69, 9.17) is 16.3 Å². The summed E-state index contributed by atoms with van der Waals surface area (Å²) in [6.45, 7) is 3.30. The normalized spacial score (nSPS) is 10.6. The minimum absolute atomic E-state index is 0.406. The third-order valence-electron chi connectivity index (χ3n) is 3.79. The van der Waals surface area contributed by atoms with Gasteiger partial charge < -0.3 is 14.8 Å². The highest BCUT2D eigenvalue weighted by Gasteiger charge is 2.11. The van der Waals surface area contributed by atoms with Gasteiger partial charge in [-0.2, -0.15) is 0 Å². The number of halogens is 1. The van der Waals surface area contributed by atoms with E-state index in [0.717, 1.165) is 11.1 Å². The van der Waals surface area contributed by atoms with Crippen molar-refractivity contribution < 1.29 is 23.9 Å². The number of amides is 1. The van der Waals surface area contributed by atoms with Crippen LogP contribution in [0.25, 0.3) is 6.08 Å². The van der Waals surface area contributed by atoms with E-state index in [-0.39, 0.29) is 0 Å². The molecule has 0 aliphatic rings. The van der Waals surface area contributed by atoms with E-state index >= 15 is 0 Å². The van der Waals surface area contributed by atoms with Gasteiger partial charge >= 0.3 is 11.9 Å². The fourth-order valence-electron chi connectivity index (χ4n) is 2.45. The van der Waals surface area contributed by atoms with Crippen molar-refractivity contribution in [1.29, 1.82) is 0 Å². The number of aryl methyl sites for hydroxylation is 2. The molecule has 7 heteroatoms. The second kappa shape index (κ2) is 9.71. The third kappa shape index (κ3) is 5.96. The van der Waals surface area contributed by atoms with Gasteiger partial charge in [-0.15, -0.1) is 0 Å². The number of methoxy groups -OCH3 is 1. The quantitative estimate of drug-likeness (QED) is 0.585. The Morgan fingerprint density at radius 3 is 2.39 bits per heavy atom. The van der Waals surface area contributed by atoms with Crippen molar-refractivity contribution in [2.45, 2.75) is 13.8 Å². The molecule has 6 nitrogen and oxygen atoms in total. The van der Waals surface area contributed by atoms with Crippen LogP contribution in [0.1, 0.15) is 27.0 Å². The molecule has 0 unspecified atom stereocenters. The van der Waals surface area contributed by atoms with Crippen molar-refractivity contribution in [3.05, 3.63) is 69.8 Å². The van der Waals surface area contributed by atoms with E-state index in [9.17, 15) is 14.4 Å². The first-order chi connectivity index (χ1) is 13.3. The maximum Gasteiger partial charge on any atom is 0.337 e. The molecule has 28 heavy (non-hydrogen) atoms. The lowest BCUT2D eigenvalue weighted by Gasteiger charge is -2.11. The number of anilines is 1. The maximum atomic E-state index is 12.0. The average molecular weight is 402 g/mol. The Balaban J connectivity index is 1.87. The Hall–Kier alpha value is -3.12. The fourth-order valence-corrected chi connectivity index (χ4v) is 2.82. The van der Waals surface area contributed by atoms with Crippen molar-refractivity contribution in [3.63, 3.8) is 0 Å². The van der Waals surface area contributed by atoms with Crippen molar-refractivity contribution in [3.8, 4) is 0 Å². The molecule has 0 atom stereocenters. The first kappa shape index (κ1) is 21.2. The summed E-state index contributed by atoms with van der Waals surface area (Å²) in [6, 6.07) is 10.1. The van der Waals surface area contributed by atoms with Gasteiger partial charge in [-0.3, -0.25) is 4.79 Å². The van der Waals surface area contributed by atoms with Crippen LogP contribution >= 0.6 is 11.6 Å². The second-order valence-electron chi connectivity index (χ2n) is 6.04. The molecule has 0 aliphatic heterocycles. The molecule has 2 aromatic rings. The third-order valence-corrected chi connectivity index (χ3v) is 4.08. The molecule has 1 amide bonds. The van der Waals surface area contributed by atoms with Gasteiger partial charge in [0.25, 0.3) is 5.91 Å². The van der Waals surface area contributed by atoms with Gasteiger partial charge in [0.15, 0.2) is 6.61 Å². The monoisotopic (exact) mass is 401 g/mol. The predicted octanol–water partition coefficient (Wildman–Crippen LogP) is 3.94. The number of benzene rings is 2. The van der Waals surface area contributed by atoms with E-state index < -0.39 is 24.5 Å². The van der Waals surface area contributed by atoms with Gasteiger partial charge in [0.2, 0.25) is 0 Å². The smallest absolute Gasteiger partial charge is 0.337 e. The standard InChI is InChI=1S/C21H20ClNO5/c1-13-10-14(2)20(17(22)11-13)23-18(24)12-28-19(25)9-6-15-4-7-16(8-5-15)21(26)27-3/h4-11H,12H2,1-3H3,(H,23,24)/b9-6+. The molecule has 146 valence electrons. The van der Waals surface area contributed by atoms with Gasteiger partial charge in [-0.05, 0) is 54.8 Å². The highest BCUT2D eigenvalue weighted by atomic mass is 35.5. The van der Waals surface area contributed by atoms with Gasteiger partial charge in [-0.1, -0.05) is 29.8 Å². The Morgan fingerprint density at radius 2 is 1.79 bits per heavy atom. The van der Waals surface area contributed by atoms with Crippen LogP contribution in [0.3, 0.4) is 0 Å². The number of rotatable bonds is 6. The summed E-state index contributed by atoms with van der Waals surface area (Å²) in [4.78, 5) is 35.1. The zero-order valence-electron chi connectivity index (χ0n) is 15.7. The molecule has 0 spiro atoms. The van der Waals surface area contributed by atoms with Gasteiger partial charge in [0, 0.05) is 6.08 Å². The molecular weight excluding hydrogens is 382 g/mol.